The van der Waals surface area contributed by atoms with Crippen LogP contribution in [-0.2, 0) is 9.36 Å². The summed E-state index contributed by atoms with van der Waals surface area (Å²) in [5.41, 5.74) is -0.792. The molecule has 37 heavy (non-hydrogen) atoms. The van der Waals surface area contributed by atoms with Crippen LogP contribution in [0.5, 0.6) is 5.75 Å². The Morgan fingerprint density at radius 1 is 1.22 bits per heavy atom. The maximum Gasteiger partial charge on any atom is 0.246 e. The highest BCUT2D eigenvalue weighted by atomic mass is 35.5. The molecule has 12 heteroatoms. The van der Waals surface area contributed by atoms with Crippen molar-refractivity contribution >= 4 is 47.3 Å². The van der Waals surface area contributed by atoms with Crippen molar-refractivity contribution in [3.63, 3.8) is 0 Å². The van der Waals surface area contributed by atoms with Crippen LogP contribution in [0, 0.1) is 11.6 Å². The van der Waals surface area contributed by atoms with Gasteiger partial charge < -0.3 is 24.8 Å². The van der Waals surface area contributed by atoms with E-state index in [2.05, 4.69) is 21.9 Å². The lowest BCUT2D eigenvalue weighted by atomic mass is 10.0. The van der Waals surface area contributed by atoms with Crippen LogP contribution in [0.3, 0.4) is 0 Å². The summed E-state index contributed by atoms with van der Waals surface area (Å²) in [4.78, 5) is 24.5. The Labute approximate surface area is 218 Å². The van der Waals surface area contributed by atoms with Gasteiger partial charge in [0.05, 0.1) is 17.7 Å². The second-order valence-electron chi connectivity index (χ2n) is 9.19. The molecule has 3 aromatic rings. The third kappa shape index (κ3) is 5.70. The number of halogens is 3. The van der Waals surface area contributed by atoms with Gasteiger partial charge in [-0.05, 0) is 37.6 Å². The zero-order valence-corrected chi connectivity index (χ0v) is 22.1. The van der Waals surface area contributed by atoms with E-state index in [1.807, 2.05) is 4.90 Å². The summed E-state index contributed by atoms with van der Waals surface area (Å²) in [6.07, 6.45) is 1.64. The molecule has 0 unspecified atom stereocenters. The Hall–Kier alpha value is -3.23. The Balaban J connectivity index is 1.84. The summed E-state index contributed by atoms with van der Waals surface area (Å²) >= 11 is 6.45. The molecule has 2 N–H and O–H groups in total. The number of fused-ring (bicyclic) bond motifs is 1. The van der Waals surface area contributed by atoms with Gasteiger partial charge in [0.1, 0.15) is 22.9 Å². The molecule has 1 fully saturated rings. The van der Waals surface area contributed by atoms with E-state index in [-0.39, 0.29) is 33.5 Å². The van der Waals surface area contributed by atoms with Crippen LogP contribution in [0.25, 0.3) is 22.0 Å². The zero-order valence-electron chi connectivity index (χ0n) is 20.5. The number of rotatable bonds is 7. The minimum absolute atomic E-state index is 0.102. The number of nitrogens with one attached hydrogen (secondary N) is 1. The zero-order chi connectivity index (χ0) is 26.9. The van der Waals surface area contributed by atoms with E-state index in [9.17, 15) is 18.9 Å². The minimum Gasteiger partial charge on any atom is -0.507 e. The van der Waals surface area contributed by atoms with Crippen LogP contribution in [0.15, 0.2) is 36.9 Å². The largest absolute Gasteiger partial charge is 0.507 e. The lowest BCUT2D eigenvalue weighted by Gasteiger charge is -2.35. The number of phenols is 1. The lowest BCUT2D eigenvalue weighted by molar-refractivity contribution is -0.126. The van der Waals surface area contributed by atoms with Gasteiger partial charge in [0.2, 0.25) is 11.9 Å². The second-order valence-corrected chi connectivity index (χ2v) is 13.2. The first-order chi connectivity index (χ1) is 17.5. The van der Waals surface area contributed by atoms with Gasteiger partial charge in [0.15, 0.2) is 5.82 Å². The topological polar surface area (TPSA) is 98.7 Å². The molecular weight excluding hydrogens is 523 g/mol. The van der Waals surface area contributed by atoms with Crippen molar-refractivity contribution in [1.82, 2.24) is 14.9 Å². The maximum atomic E-state index is 16.0. The number of carbonyl (C=O) groups excluding carboxylic acids is 1. The fraction of sp³-hybridized carbons (Fsp3) is 0.320. The van der Waals surface area contributed by atoms with Crippen LogP contribution in [0.1, 0.15) is 0 Å². The van der Waals surface area contributed by atoms with Gasteiger partial charge in [-0.2, -0.15) is 4.98 Å². The molecule has 0 saturated carbocycles. The molecule has 1 aliphatic rings. The Bertz CT molecular complexity index is 1400. The monoisotopic (exact) mass is 549 g/mol. The van der Waals surface area contributed by atoms with E-state index in [1.54, 1.807) is 18.2 Å². The maximum absolute atomic E-state index is 16.0. The molecule has 0 spiro atoms. The van der Waals surface area contributed by atoms with E-state index in [1.165, 1.54) is 24.3 Å². The number of carbonyl (C=O) groups is 1. The third-order valence-corrected chi connectivity index (χ3v) is 7.70. The summed E-state index contributed by atoms with van der Waals surface area (Å²) in [6.45, 7) is 8.80. The van der Waals surface area contributed by atoms with Crippen LogP contribution in [0.4, 0.5) is 20.5 Å². The minimum atomic E-state index is -2.32. The highest BCUT2D eigenvalue weighted by molar-refractivity contribution is 7.62. The van der Waals surface area contributed by atoms with Crippen molar-refractivity contribution in [3.8, 4) is 16.9 Å². The molecule has 8 nitrogen and oxygen atoms in total. The standard InChI is InChI=1S/C25H27ClF2N5O3P/c1-4-19(35)32-9-11-33(12-10-32)24-15-14-16(26)20(21-17(27)6-5-7-18(21)34)22(28)23(15)30-25(31-24)29-8-13-37(2,3)36/h4-7,14,34H,1,8-13H2,2-3H3,(H,29,30,31). The van der Waals surface area contributed by atoms with Crippen LogP contribution >= 0.6 is 18.7 Å². The van der Waals surface area contributed by atoms with Gasteiger partial charge >= 0.3 is 0 Å². The Kier molecular flexibility index (Phi) is 7.71. The number of benzene rings is 2. The molecule has 0 aliphatic carbocycles. The number of hydrogen-bond donors (Lipinski definition) is 2. The first kappa shape index (κ1) is 26.8. The highest BCUT2D eigenvalue weighted by Crippen LogP contribution is 2.42. The first-order valence-electron chi connectivity index (χ1n) is 11.6. The average Bonchev–Trinajstić information content (AvgIpc) is 2.84. The molecule has 1 aliphatic heterocycles. The number of anilines is 2. The molecular formula is C25H27ClF2N5O3P. The average molecular weight is 550 g/mol. The van der Waals surface area contributed by atoms with Crippen molar-refractivity contribution in [1.29, 1.82) is 0 Å². The molecule has 1 saturated heterocycles. The molecule has 196 valence electrons. The SMILES string of the molecule is C=CC(=O)N1CCN(c2nc(NCCP(C)(C)=O)nc3c(F)c(-c4c(O)cccc4F)c(Cl)cc23)CC1. The number of aromatic hydroxyl groups is 1. The molecule has 0 radical (unpaired) electrons. The normalized spacial score (nSPS) is 14.2. The fourth-order valence-corrected chi connectivity index (χ4v) is 5.13. The molecule has 1 aromatic heterocycles. The van der Waals surface area contributed by atoms with E-state index < -0.39 is 24.5 Å². The van der Waals surface area contributed by atoms with E-state index >= 15 is 4.39 Å². The molecule has 4 rings (SSSR count). The molecule has 2 heterocycles. The van der Waals surface area contributed by atoms with Gasteiger partial charge in [-0.3, -0.25) is 4.79 Å². The van der Waals surface area contributed by atoms with Crippen molar-refractivity contribution < 1.29 is 23.2 Å². The third-order valence-electron chi connectivity index (χ3n) is 6.10. The Morgan fingerprint density at radius 3 is 2.54 bits per heavy atom. The number of nitrogens with zero attached hydrogens (tertiary/aromatic N) is 4. The quantitative estimate of drug-likeness (QED) is 0.322. The summed E-state index contributed by atoms with van der Waals surface area (Å²) in [5, 5.41) is 13.5. The van der Waals surface area contributed by atoms with Crippen molar-refractivity contribution in [2.75, 3.05) is 62.4 Å². The van der Waals surface area contributed by atoms with Crippen LogP contribution in [-0.4, -0.2) is 78.1 Å². The smallest absolute Gasteiger partial charge is 0.246 e. The molecule has 0 atom stereocenters. The van der Waals surface area contributed by atoms with Crippen molar-refractivity contribution in [2.45, 2.75) is 0 Å². The number of amides is 1. The van der Waals surface area contributed by atoms with E-state index in [0.717, 1.165) is 6.07 Å². The predicted molar refractivity (Wildman–Crippen MR) is 143 cm³/mol. The lowest BCUT2D eigenvalue weighted by Crippen LogP contribution is -2.48. The molecule has 2 aromatic carbocycles. The number of aromatic nitrogens is 2. The number of piperazine rings is 1. The van der Waals surface area contributed by atoms with Gasteiger partial charge in [-0.25, -0.2) is 13.8 Å². The molecule has 1 amide bonds. The molecule has 0 bridgehead atoms. The summed E-state index contributed by atoms with van der Waals surface area (Å²) in [5.74, 6) is -1.90. The highest BCUT2D eigenvalue weighted by Gasteiger charge is 2.27. The number of phenolic OH excluding ortho intramolecular Hbond substituents is 1. The number of hydrogen-bond acceptors (Lipinski definition) is 7. The van der Waals surface area contributed by atoms with E-state index in [0.29, 0.717) is 50.1 Å². The van der Waals surface area contributed by atoms with Gasteiger partial charge in [-0.1, -0.05) is 24.2 Å². The fourth-order valence-electron chi connectivity index (χ4n) is 4.19. The van der Waals surface area contributed by atoms with E-state index in [4.69, 9.17) is 11.6 Å². The second kappa shape index (κ2) is 10.6. The van der Waals surface area contributed by atoms with Crippen LogP contribution < -0.4 is 10.2 Å². The van der Waals surface area contributed by atoms with Crippen molar-refractivity contribution in [3.05, 3.63) is 53.6 Å². The Morgan fingerprint density at radius 2 is 1.92 bits per heavy atom. The first-order valence-corrected chi connectivity index (χ1v) is 14.8. The summed E-state index contributed by atoms with van der Waals surface area (Å²) in [7, 11) is -2.32. The summed E-state index contributed by atoms with van der Waals surface area (Å²) in [6, 6.07) is 5.11. The van der Waals surface area contributed by atoms with Gasteiger partial charge in [0, 0.05) is 49.8 Å². The van der Waals surface area contributed by atoms with Gasteiger partial charge in [0.25, 0.3) is 0 Å². The van der Waals surface area contributed by atoms with Crippen LogP contribution in [0.2, 0.25) is 5.02 Å². The summed E-state index contributed by atoms with van der Waals surface area (Å²) < 4.78 is 42.8. The van der Waals surface area contributed by atoms with Gasteiger partial charge in [-0.15, -0.1) is 0 Å². The predicted octanol–water partition coefficient (Wildman–Crippen LogP) is 4.80. The van der Waals surface area contributed by atoms with Crippen molar-refractivity contribution in [2.24, 2.45) is 0 Å².